The van der Waals surface area contributed by atoms with Crippen LogP contribution in [-0.4, -0.2) is 19.0 Å². The van der Waals surface area contributed by atoms with Gasteiger partial charge in [0, 0.05) is 24.6 Å². The molecule has 0 aromatic heterocycles. The smallest absolute Gasteiger partial charge is 0.251 e. The van der Waals surface area contributed by atoms with Crippen LogP contribution in [0.3, 0.4) is 0 Å². The van der Waals surface area contributed by atoms with E-state index in [1.54, 1.807) is 0 Å². The third-order valence-corrected chi connectivity index (χ3v) is 2.69. The summed E-state index contributed by atoms with van der Waals surface area (Å²) in [7, 11) is 0. The van der Waals surface area contributed by atoms with Crippen molar-refractivity contribution in [3.05, 3.63) is 34.9 Å². The van der Waals surface area contributed by atoms with Crippen molar-refractivity contribution in [2.45, 2.75) is 12.8 Å². The van der Waals surface area contributed by atoms with Crippen LogP contribution in [0.1, 0.15) is 27.4 Å². The van der Waals surface area contributed by atoms with E-state index in [1.165, 1.54) is 0 Å². The van der Waals surface area contributed by atoms with Gasteiger partial charge in [0.1, 0.15) is 0 Å². The molecule has 0 aliphatic carbocycles. The zero-order valence-electron chi connectivity index (χ0n) is 8.21. The van der Waals surface area contributed by atoms with Gasteiger partial charge < -0.3 is 11.1 Å². The summed E-state index contributed by atoms with van der Waals surface area (Å²) in [5, 5.41) is 2.85. The van der Waals surface area contributed by atoms with E-state index < -0.39 is 0 Å². The lowest BCUT2D eigenvalue weighted by Gasteiger charge is -2.24. The second-order valence-electron chi connectivity index (χ2n) is 3.73. The molecule has 1 aromatic carbocycles. The number of nitrogens with two attached hydrogens (primary N) is 1. The molecule has 0 fully saturated rings. The molecule has 1 aliphatic heterocycles. The Bertz CT molecular complexity index is 374. The Balaban J connectivity index is 2.51. The lowest BCUT2D eigenvalue weighted by atomic mass is 9.89. The van der Waals surface area contributed by atoms with Gasteiger partial charge in [-0.15, -0.1) is 0 Å². The fraction of sp³-hybridized carbons (Fsp3) is 0.364. The summed E-state index contributed by atoms with van der Waals surface area (Å²) >= 11 is 0. The predicted octanol–water partition coefficient (Wildman–Crippen LogP) is 0.781. The molecule has 0 saturated carbocycles. The van der Waals surface area contributed by atoms with Gasteiger partial charge in [-0.05, 0) is 18.6 Å². The fourth-order valence-corrected chi connectivity index (χ4v) is 1.85. The number of hydrogen-bond donors (Lipinski definition) is 2. The van der Waals surface area contributed by atoms with Crippen LogP contribution in [0.25, 0.3) is 0 Å². The van der Waals surface area contributed by atoms with Crippen LogP contribution in [0, 0.1) is 6.92 Å². The first-order valence-electron chi connectivity index (χ1n) is 4.81. The van der Waals surface area contributed by atoms with E-state index in [9.17, 15) is 4.79 Å². The molecule has 14 heavy (non-hydrogen) atoms. The van der Waals surface area contributed by atoms with Gasteiger partial charge in [-0.25, -0.2) is 0 Å². The van der Waals surface area contributed by atoms with Crippen LogP contribution in [0.5, 0.6) is 0 Å². The molecular weight excluding hydrogens is 176 g/mol. The van der Waals surface area contributed by atoms with E-state index in [2.05, 4.69) is 5.32 Å². The van der Waals surface area contributed by atoms with Crippen molar-refractivity contribution in [1.82, 2.24) is 5.32 Å². The zero-order valence-corrected chi connectivity index (χ0v) is 8.21. The molecule has 3 N–H and O–H groups in total. The molecule has 1 aromatic rings. The largest absolute Gasteiger partial charge is 0.351 e. The summed E-state index contributed by atoms with van der Waals surface area (Å²) in [6.07, 6.45) is 0. The highest BCUT2D eigenvalue weighted by molar-refractivity contribution is 5.97. The molecule has 1 unspecified atom stereocenters. The van der Waals surface area contributed by atoms with Gasteiger partial charge in [-0.2, -0.15) is 0 Å². The van der Waals surface area contributed by atoms with Gasteiger partial charge >= 0.3 is 0 Å². The van der Waals surface area contributed by atoms with E-state index in [4.69, 9.17) is 5.73 Å². The van der Waals surface area contributed by atoms with Crippen molar-refractivity contribution in [2.75, 3.05) is 13.1 Å². The number of fused-ring (bicyclic) bond motifs is 1. The van der Waals surface area contributed by atoms with Gasteiger partial charge in [0.15, 0.2) is 0 Å². The highest BCUT2D eigenvalue weighted by atomic mass is 16.1. The molecule has 0 radical (unpaired) electrons. The average Bonchev–Trinajstić information content (AvgIpc) is 2.19. The molecule has 1 aliphatic rings. The molecule has 1 heterocycles. The Morgan fingerprint density at radius 3 is 3.07 bits per heavy atom. The summed E-state index contributed by atoms with van der Waals surface area (Å²) < 4.78 is 0. The van der Waals surface area contributed by atoms with E-state index in [0.29, 0.717) is 13.1 Å². The highest BCUT2D eigenvalue weighted by Crippen LogP contribution is 2.23. The van der Waals surface area contributed by atoms with Crippen LogP contribution in [0.15, 0.2) is 18.2 Å². The van der Waals surface area contributed by atoms with Crippen molar-refractivity contribution in [2.24, 2.45) is 5.73 Å². The second-order valence-corrected chi connectivity index (χ2v) is 3.73. The maximum Gasteiger partial charge on any atom is 0.251 e. The van der Waals surface area contributed by atoms with Gasteiger partial charge in [0.2, 0.25) is 0 Å². The van der Waals surface area contributed by atoms with Crippen molar-refractivity contribution >= 4 is 5.91 Å². The number of hydrogen-bond acceptors (Lipinski definition) is 2. The Labute approximate surface area is 83.3 Å². The van der Waals surface area contributed by atoms with Crippen molar-refractivity contribution in [3.8, 4) is 0 Å². The first-order valence-corrected chi connectivity index (χ1v) is 4.81. The van der Waals surface area contributed by atoms with Crippen molar-refractivity contribution in [3.63, 3.8) is 0 Å². The number of rotatable bonds is 1. The van der Waals surface area contributed by atoms with E-state index in [0.717, 1.165) is 16.7 Å². The maximum atomic E-state index is 11.5. The average molecular weight is 190 g/mol. The molecule has 0 saturated heterocycles. The number of carbonyl (C=O) groups excluding carboxylic acids is 1. The van der Waals surface area contributed by atoms with Crippen LogP contribution in [-0.2, 0) is 0 Å². The monoisotopic (exact) mass is 190 g/mol. The normalized spacial score (nSPS) is 20.1. The van der Waals surface area contributed by atoms with Gasteiger partial charge in [0.05, 0.1) is 0 Å². The Morgan fingerprint density at radius 2 is 2.36 bits per heavy atom. The molecule has 2 rings (SSSR count). The molecule has 74 valence electrons. The SMILES string of the molecule is Cc1ccc2c(c1)C(=O)NCC2CN. The van der Waals surface area contributed by atoms with Crippen LogP contribution >= 0.6 is 0 Å². The molecule has 0 spiro atoms. The summed E-state index contributed by atoms with van der Waals surface area (Å²) in [4.78, 5) is 11.5. The van der Waals surface area contributed by atoms with Gasteiger partial charge in [-0.1, -0.05) is 17.7 Å². The lowest BCUT2D eigenvalue weighted by Crippen LogP contribution is -2.37. The Hall–Kier alpha value is -1.35. The topological polar surface area (TPSA) is 55.1 Å². The van der Waals surface area contributed by atoms with Crippen molar-refractivity contribution < 1.29 is 4.79 Å². The first kappa shape index (κ1) is 9.21. The molecule has 1 amide bonds. The Kier molecular flexibility index (Phi) is 2.25. The summed E-state index contributed by atoms with van der Waals surface area (Å²) in [6.45, 7) is 3.22. The second kappa shape index (κ2) is 3.42. The summed E-state index contributed by atoms with van der Waals surface area (Å²) in [5.41, 5.74) is 8.63. The number of aryl methyl sites for hydroxylation is 1. The summed E-state index contributed by atoms with van der Waals surface area (Å²) in [5.74, 6) is 0.289. The molecule has 1 atom stereocenters. The van der Waals surface area contributed by atoms with Gasteiger partial charge in [0.25, 0.3) is 5.91 Å². The number of benzene rings is 1. The standard InChI is InChI=1S/C11H14N2O/c1-7-2-3-9-8(5-12)6-13-11(14)10(9)4-7/h2-4,8H,5-6,12H2,1H3,(H,13,14). The lowest BCUT2D eigenvalue weighted by molar-refractivity contribution is 0.0940. The van der Waals surface area contributed by atoms with Crippen molar-refractivity contribution in [1.29, 1.82) is 0 Å². The molecular formula is C11H14N2O. The number of carbonyl (C=O) groups is 1. The third-order valence-electron chi connectivity index (χ3n) is 2.69. The fourth-order valence-electron chi connectivity index (χ4n) is 1.85. The minimum Gasteiger partial charge on any atom is -0.351 e. The summed E-state index contributed by atoms with van der Waals surface area (Å²) in [6, 6.07) is 5.97. The first-order chi connectivity index (χ1) is 6.72. The minimum atomic E-state index is 0.0217. The van der Waals surface area contributed by atoms with E-state index >= 15 is 0 Å². The number of amides is 1. The minimum absolute atomic E-state index is 0.0217. The van der Waals surface area contributed by atoms with Crippen LogP contribution in [0.4, 0.5) is 0 Å². The Morgan fingerprint density at radius 1 is 1.57 bits per heavy atom. The van der Waals surface area contributed by atoms with Crippen LogP contribution in [0.2, 0.25) is 0 Å². The molecule has 3 heteroatoms. The van der Waals surface area contributed by atoms with E-state index in [-0.39, 0.29) is 11.8 Å². The van der Waals surface area contributed by atoms with Crippen LogP contribution < -0.4 is 11.1 Å². The highest BCUT2D eigenvalue weighted by Gasteiger charge is 2.23. The van der Waals surface area contributed by atoms with E-state index in [1.807, 2.05) is 25.1 Å². The molecule has 3 nitrogen and oxygen atoms in total. The predicted molar refractivity (Wildman–Crippen MR) is 55.3 cm³/mol. The zero-order chi connectivity index (χ0) is 10.1. The third kappa shape index (κ3) is 1.40. The maximum absolute atomic E-state index is 11.5. The van der Waals surface area contributed by atoms with Gasteiger partial charge in [-0.3, -0.25) is 4.79 Å². The molecule has 0 bridgehead atoms. The number of nitrogens with one attached hydrogen (secondary N) is 1. The quantitative estimate of drug-likeness (QED) is 0.687.